The Bertz CT molecular complexity index is 1110. The Balaban J connectivity index is 1.69. The van der Waals surface area contributed by atoms with Gasteiger partial charge in [-0.2, -0.15) is 0 Å². The van der Waals surface area contributed by atoms with Gasteiger partial charge in [-0.3, -0.25) is 4.79 Å². The van der Waals surface area contributed by atoms with Crippen molar-refractivity contribution < 1.29 is 43.9 Å². The first-order valence-corrected chi connectivity index (χ1v) is 16.6. The predicted molar refractivity (Wildman–Crippen MR) is 173 cm³/mol. The van der Waals surface area contributed by atoms with Gasteiger partial charge in [-0.1, -0.05) is 38.2 Å². The number of aliphatic hydroxyl groups excluding tert-OH is 2. The van der Waals surface area contributed by atoms with Crippen LogP contribution in [0.1, 0.15) is 66.7 Å². The van der Waals surface area contributed by atoms with Gasteiger partial charge in [0.1, 0.15) is 11.7 Å². The molecule has 12 heteroatoms. The number of carbonyl (C=O) groups excluding carboxylic acids is 3. The summed E-state index contributed by atoms with van der Waals surface area (Å²) in [6.07, 6.45) is 6.34. The van der Waals surface area contributed by atoms with Gasteiger partial charge < -0.3 is 44.2 Å². The van der Waals surface area contributed by atoms with Crippen LogP contribution in [0, 0.1) is 11.8 Å². The van der Waals surface area contributed by atoms with Crippen molar-refractivity contribution >= 4 is 18.2 Å². The van der Waals surface area contributed by atoms with Gasteiger partial charge in [-0.25, -0.2) is 9.59 Å². The fourth-order valence-electron chi connectivity index (χ4n) is 5.98. The Labute approximate surface area is 273 Å². The van der Waals surface area contributed by atoms with E-state index in [1.807, 2.05) is 46.0 Å². The zero-order valence-corrected chi connectivity index (χ0v) is 28.3. The lowest BCUT2D eigenvalue weighted by atomic mass is 9.89. The summed E-state index contributed by atoms with van der Waals surface area (Å²) in [6.45, 7) is 12.1. The zero-order valence-electron chi connectivity index (χ0n) is 28.3. The Hall–Kier alpha value is -2.93. The summed E-state index contributed by atoms with van der Waals surface area (Å²) in [5.41, 5.74) is -0.732. The maximum Gasteiger partial charge on any atom is 0.410 e. The number of aliphatic hydroxyl groups is 3. The molecule has 0 aliphatic carbocycles. The number of rotatable bonds is 7. The molecule has 0 aromatic heterocycles. The van der Waals surface area contributed by atoms with Gasteiger partial charge in [-0.05, 0) is 65.2 Å². The van der Waals surface area contributed by atoms with Crippen molar-refractivity contribution in [1.82, 2.24) is 14.7 Å². The van der Waals surface area contributed by atoms with Crippen LogP contribution in [0.4, 0.5) is 9.59 Å². The molecule has 0 aromatic carbocycles. The summed E-state index contributed by atoms with van der Waals surface area (Å²) in [7, 11) is 1.99. The molecule has 46 heavy (non-hydrogen) atoms. The van der Waals surface area contributed by atoms with Crippen LogP contribution in [0.5, 0.6) is 0 Å². The quantitative estimate of drug-likeness (QED) is 0.162. The number of nitrogens with zero attached hydrogens (tertiary/aromatic N) is 3. The predicted octanol–water partition coefficient (Wildman–Crippen LogP) is 3.26. The van der Waals surface area contributed by atoms with Gasteiger partial charge in [0.2, 0.25) is 0 Å². The van der Waals surface area contributed by atoms with Crippen molar-refractivity contribution in [3.63, 3.8) is 0 Å². The van der Waals surface area contributed by atoms with Crippen LogP contribution in [0.3, 0.4) is 0 Å². The van der Waals surface area contributed by atoms with E-state index in [-0.39, 0.29) is 43.7 Å². The summed E-state index contributed by atoms with van der Waals surface area (Å²) >= 11 is 0. The van der Waals surface area contributed by atoms with Gasteiger partial charge in [0, 0.05) is 44.6 Å². The van der Waals surface area contributed by atoms with Crippen molar-refractivity contribution in [2.24, 2.45) is 11.8 Å². The topological polar surface area (TPSA) is 149 Å². The van der Waals surface area contributed by atoms with E-state index in [1.54, 1.807) is 35.8 Å². The van der Waals surface area contributed by atoms with E-state index in [2.05, 4.69) is 4.90 Å². The van der Waals surface area contributed by atoms with Crippen molar-refractivity contribution in [2.75, 3.05) is 46.4 Å². The van der Waals surface area contributed by atoms with Gasteiger partial charge >= 0.3 is 18.2 Å². The minimum Gasteiger partial charge on any atom is -0.457 e. The number of hydrogen-bond acceptors (Lipinski definition) is 10. The molecule has 0 spiro atoms. The molecular formula is C34H55N3O9. The molecule has 3 heterocycles. The summed E-state index contributed by atoms with van der Waals surface area (Å²) in [5, 5.41) is 31.8. The second kappa shape index (κ2) is 17.3. The average molecular weight is 650 g/mol. The van der Waals surface area contributed by atoms with Crippen LogP contribution in [-0.4, -0.2) is 131 Å². The van der Waals surface area contributed by atoms with Crippen LogP contribution >= 0.6 is 0 Å². The van der Waals surface area contributed by atoms with E-state index in [9.17, 15) is 29.7 Å². The van der Waals surface area contributed by atoms with Crippen LogP contribution in [0.2, 0.25) is 0 Å². The lowest BCUT2D eigenvalue weighted by Crippen LogP contribution is -2.50. The maximum atomic E-state index is 13.0. The molecule has 3 aliphatic heterocycles. The number of amides is 2. The monoisotopic (exact) mass is 649 g/mol. The number of piperazine rings is 1. The third-order valence-corrected chi connectivity index (χ3v) is 9.12. The molecule has 8 atom stereocenters. The molecule has 3 N–H and O–H groups in total. The zero-order chi connectivity index (χ0) is 34.0. The second-order valence-electron chi connectivity index (χ2n) is 13.5. The summed E-state index contributed by atoms with van der Waals surface area (Å²) in [6, 6.07) is -0.222. The normalized spacial score (nSPS) is 32.7. The standard InChI is InChI=1S/C34H55N3O9/c1-23(22-44-33(42)37-16-8-11-28(37)26(4)38)9-7-10-24(2)31-25(3)12-13-29(45-32(41)36-19-17-35(6)18-20-36)34(5,43)15-14-27(39)21-30(40)46-31/h7,9-10,12-13,23,25-29,31,38-39,43H,8,11,14-22H2,1-6H3/b9-7+,13-12+,24-10+/t23-,25+,26?,27-,28?,29+,31-,34-/m1/s1. The average Bonchev–Trinajstić information content (AvgIpc) is 3.50. The van der Waals surface area contributed by atoms with E-state index in [1.165, 1.54) is 0 Å². The Kier molecular flexibility index (Phi) is 14.1. The smallest absolute Gasteiger partial charge is 0.410 e. The first kappa shape index (κ1) is 37.5. The van der Waals surface area contributed by atoms with E-state index in [0.717, 1.165) is 31.5 Å². The minimum atomic E-state index is -1.47. The lowest BCUT2D eigenvalue weighted by molar-refractivity contribution is -0.151. The second-order valence-corrected chi connectivity index (χ2v) is 13.5. The molecule has 0 radical (unpaired) electrons. The Morgan fingerprint density at radius 1 is 1.13 bits per heavy atom. The van der Waals surface area contributed by atoms with Crippen LogP contribution in [0.15, 0.2) is 36.0 Å². The number of likely N-dealkylation sites (tertiary alicyclic amines) is 1. The van der Waals surface area contributed by atoms with Crippen molar-refractivity contribution in [2.45, 2.75) is 103 Å². The Morgan fingerprint density at radius 2 is 1.83 bits per heavy atom. The lowest BCUT2D eigenvalue weighted by Gasteiger charge is -2.36. The minimum absolute atomic E-state index is 0.0927. The molecule has 2 unspecified atom stereocenters. The number of esters is 1. The maximum absolute atomic E-state index is 13.0. The van der Waals surface area contributed by atoms with E-state index in [0.29, 0.717) is 19.6 Å². The molecule has 2 amide bonds. The summed E-state index contributed by atoms with van der Waals surface area (Å²) < 4.78 is 17.2. The van der Waals surface area contributed by atoms with Crippen molar-refractivity contribution in [3.05, 3.63) is 36.0 Å². The first-order chi connectivity index (χ1) is 21.7. The number of ether oxygens (including phenoxy) is 3. The highest BCUT2D eigenvalue weighted by Crippen LogP contribution is 2.28. The summed E-state index contributed by atoms with van der Waals surface area (Å²) in [4.78, 5) is 43.7. The fraction of sp³-hybridized carbons (Fsp3) is 0.735. The number of hydrogen-bond donors (Lipinski definition) is 3. The fourth-order valence-corrected chi connectivity index (χ4v) is 5.98. The SMILES string of the molecule is C/C(=C\C=C\[C@@H](C)COC(=O)N1CCCC1C(C)O)[C@H]1OC(=O)C[C@H](O)CC[C@@](C)(O)[C@@H](OC(=O)N2CCN(C)CC2)/C=C/[C@@H]1C. The molecular weight excluding hydrogens is 594 g/mol. The number of cyclic esters (lactones) is 1. The van der Waals surface area contributed by atoms with Crippen molar-refractivity contribution in [1.29, 1.82) is 0 Å². The van der Waals surface area contributed by atoms with E-state index >= 15 is 0 Å². The molecule has 0 bridgehead atoms. The van der Waals surface area contributed by atoms with Crippen LogP contribution < -0.4 is 0 Å². The van der Waals surface area contributed by atoms with Gasteiger partial charge in [0.25, 0.3) is 0 Å². The number of allylic oxidation sites excluding steroid dienone is 2. The summed E-state index contributed by atoms with van der Waals surface area (Å²) in [5.74, 6) is -0.998. The van der Waals surface area contributed by atoms with E-state index < -0.39 is 48.2 Å². The van der Waals surface area contributed by atoms with E-state index in [4.69, 9.17) is 14.2 Å². The first-order valence-electron chi connectivity index (χ1n) is 16.6. The highest BCUT2D eigenvalue weighted by Gasteiger charge is 2.37. The molecule has 260 valence electrons. The number of carbonyl (C=O) groups is 3. The van der Waals surface area contributed by atoms with Gasteiger partial charge in [-0.15, -0.1) is 0 Å². The molecule has 2 saturated heterocycles. The van der Waals surface area contributed by atoms with Crippen LogP contribution in [-0.2, 0) is 19.0 Å². The highest BCUT2D eigenvalue weighted by molar-refractivity contribution is 5.70. The molecule has 0 saturated carbocycles. The van der Waals surface area contributed by atoms with Gasteiger partial charge in [0.05, 0.1) is 31.3 Å². The molecule has 0 aromatic rings. The Morgan fingerprint density at radius 3 is 2.50 bits per heavy atom. The molecule has 12 nitrogen and oxygen atoms in total. The number of likely N-dealkylation sites (N-methyl/N-ethyl adjacent to an activating group) is 1. The van der Waals surface area contributed by atoms with Crippen LogP contribution in [0.25, 0.3) is 0 Å². The van der Waals surface area contributed by atoms with Crippen molar-refractivity contribution in [3.8, 4) is 0 Å². The third kappa shape index (κ3) is 11.1. The molecule has 3 rings (SSSR count). The highest BCUT2D eigenvalue weighted by atomic mass is 16.6. The largest absolute Gasteiger partial charge is 0.457 e. The third-order valence-electron chi connectivity index (χ3n) is 9.12. The van der Waals surface area contributed by atoms with Gasteiger partial charge in [0.15, 0.2) is 6.10 Å². The molecule has 2 fully saturated rings. The molecule has 3 aliphatic rings.